The Labute approximate surface area is 199 Å². The summed E-state index contributed by atoms with van der Waals surface area (Å²) in [5.41, 5.74) is 0. The molecule has 0 aliphatic carbocycles. The van der Waals surface area contributed by atoms with Crippen molar-refractivity contribution in [2.75, 3.05) is 59.2 Å². The molecule has 0 aromatic carbocycles. The average molecular weight is 536 g/mol. The standard InChI is InChI=1S/C22H40N4O3.HI/c1-4-6-14-27-16-17-28-15-11-24-22(23-5-2)25-18-20(26-12-7-8-13-26)21-10-9-19(3)29-21;/h9-10,20H,4-8,11-18H2,1-3H3,(H2,23,24,25);1H. The molecule has 30 heavy (non-hydrogen) atoms. The lowest BCUT2D eigenvalue weighted by atomic mass is 10.2. The maximum Gasteiger partial charge on any atom is 0.191 e. The van der Waals surface area contributed by atoms with Gasteiger partial charge in [-0.2, -0.15) is 0 Å². The Morgan fingerprint density at radius 3 is 2.47 bits per heavy atom. The minimum atomic E-state index is 0. The Balaban J connectivity index is 0.00000450. The summed E-state index contributed by atoms with van der Waals surface area (Å²) < 4.78 is 17.1. The van der Waals surface area contributed by atoms with Gasteiger partial charge < -0.3 is 24.5 Å². The van der Waals surface area contributed by atoms with E-state index in [4.69, 9.17) is 18.9 Å². The zero-order valence-corrected chi connectivity index (χ0v) is 21.3. The van der Waals surface area contributed by atoms with E-state index in [1.54, 1.807) is 0 Å². The quantitative estimate of drug-likeness (QED) is 0.164. The van der Waals surface area contributed by atoms with Crippen molar-refractivity contribution in [1.82, 2.24) is 15.5 Å². The van der Waals surface area contributed by atoms with Gasteiger partial charge in [-0.15, -0.1) is 24.0 Å². The first-order valence-corrected chi connectivity index (χ1v) is 11.2. The van der Waals surface area contributed by atoms with Crippen LogP contribution in [-0.2, 0) is 9.47 Å². The monoisotopic (exact) mass is 536 g/mol. The molecule has 1 unspecified atom stereocenters. The Morgan fingerprint density at radius 1 is 1.10 bits per heavy atom. The Kier molecular flexibility index (Phi) is 15.2. The molecular formula is C22H41IN4O3. The van der Waals surface area contributed by atoms with E-state index in [2.05, 4.69) is 35.4 Å². The largest absolute Gasteiger partial charge is 0.465 e. The third kappa shape index (κ3) is 10.5. The summed E-state index contributed by atoms with van der Waals surface area (Å²) in [7, 11) is 0. The van der Waals surface area contributed by atoms with Crippen LogP contribution in [0.3, 0.4) is 0 Å². The molecule has 1 aliphatic heterocycles. The number of likely N-dealkylation sites (tertiary alicyclic amines) is 1. The van der Waals surface area contributed by atoms with Gasteiger partial charge in [-0.25, -0.2) is 0 Å². The molecule has 174 valence electrons. The number of aryl methyl sites for hydroxylation is 1. The van der Waals surface area contributed by atoms with Crippen LogP contribution in [0.2, 0.25) is 0 Å². The summed E-state index contributed by atoms with van der Waals surface area (Å²) >= 11 is 0. The lowest BCUT2D eigenvalue weighted by molar-refractivity contribution is 0.0487. The third-order valence-corrected chi connectivity index (χ3v) is 4.99. The number of guanidine groups is 1. The summed E-state index contributed by atoms with van der Waals surface area (Å²) in [5.74, 6) is 2.78. The van der Waals surface area contributed by atoms with E-state index in [0.717, 1.165) is 63.1 Å². The molecule has 0 radical (unpaired) electrons. The number of hydrogen-bond donors (Lipinski definition) is 2. The van der Waals surface area contributed by atoms with Crippen LogP contribution in [-0.4, -0.2) is 70.0 Å². The summed E-state index contributed by atoms with van der Waals surface area (Å²) in [6.45, 7) is 13.4. The van der Waals surface area contributed by atoms with Crippen molar-refractivity contribution < 1.29 is 13.9 Å². The van der Waals surface area contributed by atoms with Crippen molar-refractivity contribution in [3.63, 3.8) is 0 Å². The van der Waals surface area contributed by atoms with Crippen LogP contribution in [0.1, 0.15) is 57.1 Å². The Bertz CT molecular complexity index is 576. The third-order valence-electron chi connectivity index (χ3n) is 4.99. The van der Waals surface area contributed by atoms with Crippen LogP contribution in [0, 0.1) is 6.92 Å². The Hall–Kier alpha value is -0.840. The van der Waals surface area contributed by atoms with E-state index in [0.29, 0.717) is 26.4 Å². The van der Waals surface area contributed by atoms with E-state index in [-0.39, 0.29) is 30.0 Å². The lowest BCUT2D eigenvalue weighted by Crippen LogP contribution is -2.40. The molecule has 1 aliphatic rings. The minimum Gasteiger partial charge on any atom is -0.465 e. The molecule has 1 fully saturated rings. The van der Waals surface area contributed by atoms with Gasteiger partial charge in [0.2, 0.25) is 0 Å². The van der Waals surface area contributed by atoms with Crippen molar-refractivity contribution >= 4 is 29.9 Å². The first kappa shape index (κ1) is 27.2. The highest BCUT2D eigenvalue weighted by atomic mass is 127. The Morgan fingerprint density at radius 2 is 1.83 bits per heavy atom. The van der Waals surface area contributed by atoms with Gasteiger partial charge in [0.1, 0.15) is 11.5 Å². The molecule has 0 bridgehead atoms. The molecule has 2 rings (SSSR count). The smallest absolute Gasteiger partial charge is 0.191 e. The van der Waals surface area contributed by atoms with Gasteiger partial charge in [-0.05, 0) is 58.3 Å². The zero-order valence-electron chi connectivity index (χ0n) is 19.0. The fourth-order valence-electron chi connectivity index (χ4n) is 3.40. The average Bonchev–Trinajstić information content (AvgIpc) is 3.39. The summed E-state index contributed by atoms with van der Waals surface area (Å²) in [5, 5.41) is 6.68. The highest BCUT2D eigenvalue weighted by Gasteiger charge is 2.25. The van der Waals surface area contributed by atoms with E-state index in [1.165, 1.54) is 12.8 Å². The number of unbranched alkanes of at least 4 members (excludes halogenated alkanes) is 1. The van der Waals surface area contributed by atoms with Crippen molar-refractivity contribution in [3.8, 4) is 0 Å². The molecule has 0 saturated carbocycles. The normalized spacial score (nSPS) is 15.8. The minimum absolute atomic E-state index is 0. The molecule has 8 heteroatoms. The van der Waals surface area contributed by atoms with Crippen LogP contribution >= 0.6 is 24.0 Å². The van der Waals surface area contributed by atoms with Crippen molar-refractivity contribution in [3.05, 3.63) is 23.7 Å². The first-order chi connectivity index (χ1) is 14.2. The van der Waals surface area contributed by atoms with Gasteiger partial charge in [0.05, 0.1) is 32.4 Å². The highest BCUT2D eigenvalue weighted by molar-refractivity contribution is 14.0. The molecule has 1 aromatic rings. The second kappa shape index (κ2) is 16.8. The molecule has 1 aromatic heterocycles. The van der Waals surface area contributed by atoms with Gasteiger partial charge in [0, 0.05) is 19.7 Å². The fraction of sp³-hybridized carbons (Fsp3) is 0.773. The molecule has 0 amide bonds. The molecule has 1 saturated heterocycles. The topological polar surface area (TPSA) is 71.3 Å². The van der Waals surface area contributed by atoms with Crippen LogP contribution in [0.4, 0.5) is 0 Å². The predicted octanol–water partition coefficient (Wildman–Crippen LogP) is 3.73. The van der Waals surface area contributed by atoms with Crippen LogP contribution in [0.5, 0.6) is 0 Å². The maximum absolute atomic E-state index is 5.93. The predicted molar refractivity (Wildman–Crippen MR) is 133 cm³/mol. The number of hydrogen-bond acceptors (Lipinski definition) is 5. The van der Waals surface area contributed by atoms with Crippen molar-refractivity contribution in [2.45, 2.75) is 52.5 Å². The van der Waals surface area contributed by atoms with Crippen molar-refractivity contribution in [1.29, 1.82) is 0 Å². The number of halogens is 1. The van der Waals surface area contributed by atoms with Crippen LogP contribution in [0.25, 0.3) is 0 Å². The number of rotatable bonds is 14. The van der Waals surface area contributed by atoms with E-state index in [9.17, 15) is 0 Å². The van der Waals surface area contributed by atoms with Crippen molar-refractivity contribution in [2.24, 2.45) is 4.99 Å². The zero-order chi connectivity index (χ0) is 20.7. The van der Waals surface area contributed by atoms with Gasteiger partial charge in [-0.3, -0.25) is 9.89 Å². The van der Waals surface area contributed by atoms with Crippen LogP contribution in [0.15, 0.2) is 21.5 Å². The number of aliphatic imine (C=N–C) groups is 1. The second-order valence-electron chi connectivity index (χ2n) is 7.43. The lowest BCUT2D eigenvalue weighted by Gasteiger charge is -2.24. The van der Waals surface area contributed by atoms with E-state index >= 15 is 0 Å². The van der Waals surface area contributed by atoms with E-state index in [1.807, 2.05) is 13.0 Å². The van der Waals surface area contributed by atoms with Gasteiger partial charge in [0.25, 0.3) is 0 Å². The fourth-order valence-corrected chi connectivity index (χ4v) is 3.40. The molecule has 7 nitrogen and oxygen atoms in total. The first-order valence-electron chi connectivity index (χ1n) is 11.2. The van der Waals surface area contributed by atoms with E-state index < -0.39 is 0 Å². The highest BCUT2D eigenvalue weighted by Crippen LogP contribution is 2.26. The maximum atomic E-state index is 5.93. The van der Waals surface area contributed by atoms with Gasteiger partial charge in [-0.1, -0.05) is 13.3 Å². The molecule has 2 heterocycles. The number of furan rings is 1. The SMILES string of the molecule is CCCCOCCOCCNC(=NCC(c1ccc(C)o1)N1CCCC1)NCC.I. The summed E-state index contributed by atoms with van der Waals surface area (Å²) in [6.07, 6.45) is 4.77. The number of nitrogens with one attached hydrogen (secondary N) is 2. The second-order valence-corrected chi connectivity index (χ2v) is 7.43. The molecule has 2 N–H and O–H groups in total. The van der Waals surface area contributed by atoms with Gasteiger partial charge >= 0.3 is 0 Å². The molecular weight excluding hydrogens is 495 g/mol. The van der Waals surface area contributed by atoms with Crippen LogP contribution < -0.4 is 10.6 Å². The number of nitrogens with zero attached hydrogens (tertiary/aromatic N) is 2. The van der Waals surface area contributed by atoms with Gasteiger partial charge in [0.15, 0.2) is 5.96 Å². The summed E-state index contributed by atoms with van der Waals surface area (Å²) in [6, 6.07) is 4.32. The molecule has 1 atom stereocenters. The molecule has 0 spiro atoms. The summed E-state index contributed by atoms with van der Waals surface area (Å²) in [4.78, 5) is 7.30. The number of ether oxygens (including phenoxy) is 2.